The van der Waals surface area contributed by atoms with Gasteiger partial charge < -0.3 is 9.84 Å². The maximum absolute atomic E-state index is 13.1. The summed E-state index contributed by atoms with van der Waals surface area (Å²) < 4.78 is 17.9. The van der Waals surface area contributed by atoms with E-state index in [0.29, 0.717) is 17.2 Å². The standard InChI is InChI=1S/C16H16ClFN2O2/c1-9-13(16(17)22-20-9)8-14(21)19-15(10-2-3-10)11-4-6-12(18)7-5-11/h4-7,10,15H,2-3,8H2,1H3,(H,19,21)/t15-/m0/s1. The van der Waals surface area contributed by atoms with Crippen LogP contribution in [-0.4, -0.2) is 11.1 Å². The predicted octanol–water partition coefficient (Wildman–Crippen LogP) is 3.59. The highest BCUT2D eigenvalue weighted by Crippen LogP contribution is 2.41. The van der Waals surface area contributed by atoms with Gasteiger partial charge >= 0.3 is 0 Å². The molecule has 1 aromatic carbocycles. The van der Waals surface area contributed by atoms with Crippen molar-refractivity contribution in [2.24, 2.45) is 5.92 Å². The molecule has 1 heterocycles. The molecule has 0 radical (unpaired) electrons. The highest BCUT2D eigenvalue weighted by atomic mass is 35.5. The minimum absolute atomic E-state index is 0.0907. The third-order valence-electron chi connectivity index (χ3n) is 3.91. The molecule has 1 aromatic heterocycles. The molecular weight excluding hydrogens is 307 g/mol. The molecule has 1 aliphatic rings. The second kappa shape index (κ2) is 6.08. The zero-order valence-electron chi connectivity index (χ0n) is 12.1. The highest BCUT2D eigenvalue weighted by molar-refractivity contribution is 6.29. The second-order valence-electron chi connectivity index (χ2n) is 5.63. The first-order valence-corrected chi connectivity index (χ1v) is 7.58. The molecule has 1 fully saturated rings. The van der Waals surface area contributed by atoms with Gasteiger partial charge in [0.15, 0.2) is 0 Å². The first-order chi connectivity index (χ1) is 10.5. The van der Waals surface area contributed by atoms with Crippen LogP contribution in [0.1, 0.15) is 35.7 Å². The molecule has 1 aliphatic carbocycles. The molecule has 1 saturated carbocycles. The van der Waals surface area contributed by atoms with Crippen LogP contribution in [0.15, 0.2) is 28.8 Å². The molecule has 22 heavy (non-hydrogen) atoms. The Balaban J connectivity index is 1.71. The second-order valence-corrected chi connectivity index (χ2v) is 5.97. The lowest BCUT2D eigenvalue weighted by Crippen LogP contribution is -2.31. The van der Waals surface area contributed by atoms with E-state index in [9.17, 15) is 9.18 Å². The third-order valence-corrected chi connectivity index (χ3v) is 4.21. The summed E-state index contributed by atoms with van der Waals surface area (Å²) in [4.78, 5) is 12.3. The maximum Gasteiger partial charge on any atom is 0.229 e. The maximum atomic E-state index is 13.1. The van der Waals surface area contributed by atoms with Crippen LogP contribution in [0, 0.1) is 18.7 Å². The Bertz CT molecular complexity index is 660. The summed E-state index contributed by atoms with van der Waals surface area (Å²) in [5.74, 6) is -0.0145. The van der Waals surface area contributed by atoms with Crippen LogP contribution in [0.5, 0.6) is 0 Å². The van der Waals surface area contributed by atoms with E-state index in [1.165, 1.54) is 12.1 Å². The van der Waals surface area contributed by atoms with Gasteiger partial charge in [-0.25, -0.2) is 4.39 Å². The van der Waals surface area contributed by atoms with Crippen molar-refractivity contribution in [2.45, 2.75) is 32.2 Å². The van der Waals surface area contributed by atoms with Gasteiger partial charge in [-0.3, -0.25) is 4.79 Å². The number of hydrogen-bond donors (Lipinski definition) is 1. The first-order valence-electron chi connectivity index (χ1n) is 7.20. The fraction of sp³-hybridized carbons (Fsp3) is 0.375. The summed E-state index contributed by atoms with van der Waals surface area (Å²) in [6.07, 6.45) is 2.25. The molecule has 0 aliphatic heterocycles. The molecule has 1 amide bonds. The zero-order chi connectivity index (χ0) is 15.7. The SMILES string of the molecule is Cc1noc(Cl)c1CC(=O)N[C@H](c1ccc(F)cc1)C1CC1. The van der Waals surface area contributed by atoms with Crippen molar-refractivity contribution in [3.63, 3.8) is 0 Å². The van der Waals surface area contributed by atoms with Crippen molar-refractivity contribution in [3.8, 4) is 0 Å². The molecule has 2 aromatic rings. The van der Waals surface area contributed by atoms with Crippen molar-refractivity contribution < 1.29 is 13.7 Å². The lowest BCUT2D eigenvalue weighted by atomic mass is 10.0. The zero-order valence-corrected chi connectivity index (χ0v) is 12.9. The van der Waals surface area contributed by atoms with E-state index in [-0.39, 0.29) is 29.4 Å². The number of aromatic nitrogens is 1. The van der Waals surface area contributed by atoms with Gasteiger partial charge in [-0.15, -0.1) is 0 Å². The van der Waals surface area contributed by atoms with Crippen LogP contribution in [-0.2, 0) is 11.2 Å². The molecule has 1 N–H and O–H groups in total. The summed E-state index contributed by atoms with van der Waals surface area (Å²) in [6, 6.07) is 6.18. The van der Waals surface area contributed by atoms with Crippen LogP contribution in [0.4, 0.5) is 4.39 Å². The molecule has 0 spiro atoms. The number of hydrogen-bond acceptors (Lipinski definition) is 3. The monoisotopic (exact) mass is 322 g/mol. The normalized spacial score (nSPS) is 15.6. The van der Waals surface area contributed by atoms with Crippen molar-refractivity contribution in [2.75, 3.05) is 0 Å². The van der Waals surface area contributed by atoms with Crippen LogP contribution in [0.3, 0.4) is 0 Å². The molecule has 116 valence electrons. The molecule has 0 saturated heterocycles. The van der Waals surface area contributed by atoms with Crippen LogP contribution in [0.25, 0.3) is 0 Å². The van der Waals surface area contributed by atoms with Gasteiger partial charge in [0, 0.05) is 5.56 Å². The number of benzene rings is 1. The number of nitrogens with zero attached hydrogens (tertiary/aromatic N) is 1. The quantitative estimate of drug-likeness (QED) is 0.915. The first kappa shape index (κ1) is 15.0. The average Bonchev–Trinajstić information content (AvgIpc) is 3.28. The number of carbonyl (C=O) groups excluding carboxylic acids is 1. The number of amides is 1. The number of rotatable bonds is 5. The summed E-state index contributed by atoms with van der Waals surface area (Å²) in [6.45, 7) is 1.75. The van der Waals surface area contributed by atoms with E-state index >= 15 is 0 Å². The van der Waals surface area contributed by atoms with Crippen molar-refractivity contribution in [3.05, 3.63) is 52.1 Å². The topological polar surface area (TPSA) is 55.1 Å². The minimum Gasteiger partial charge on any atom is -0.349 e. The van der Waals surface area contributed by atoms with E-state index < -0.39 is 0 Å². The van der Waals surface area contributed by atoms with Crippen molar-refractivity contribution in [1.82, 2.24) is 10.5 Å². The summed E-state index contributed by atoms with van der Waals surface area (Å²) in [7, 11) is 0. The van der Waals surface area contributed by atoms with Crippen molar-refractivity contribution >= 4 is 17.5 Å². The molecule has 0 unspecified atom stereocenters. The summed E-state index contributed by atoms with van der Waals surface area (Å²) >= 11 is 5.88. The smallest absolute Gasteiger partial charge is 0.229 e. The molecule has 4 nitrogen and oxygen atoms in total. The predicted molar refractivity (Wildman–Crippen MR) is 80.0 cm³/mol. The van der Waals surface area contributed by atoms with E-state index in [1.54, 1.807) is 19.1 Å². The Morgan fingerprint density at radius 2 is 2.14 bits per heavy atom. The van der Waals surface area contributed by atoms with Gasteiger partial charge in [-0.1, -0.05) is 17.3 Å². The number of aryl methyl sites for hydroxylation is 1. The molecule has 3 rings (SSSR count). The Morgan fingerprint density at radius 1 is 1.45 bits per heavy atom. The number of halogens is 2. The third kappa shape index (κ3) is 3.30. The van der Waals surface area contributed by atoms with Gasteiger partial charge in [-0.05, 0) is 55.0 Å². The Morgan fingerprint density at radius 3 is 2.68 bits per heavy atom. The van der Waals surface area contributed by atoms with Gasteiger partial charge in [0.2, 0.25) is 11.1 Å². The number of carbonyl (C=O) groups is 1. The van der Waals surface area contributed by atoms with Gasteiger partial charge in [-0.2, -0.15) is 0 Å². The molecule has 1 atom stereocenters. The average molecular weight is 323 g/mol. The van der Waals surface area contributed by atoms with E-state index in [0.717, 1.165) is 18.4 Å². The largest absolute Gasteiger partial charge is 0.349 e. The molecular formula is C16H16ClFN2O2. The van der Waals surface area contributed by atoms with Gasteiger partial charge in [0.05, 0.1) is 18.2 Å². The highest BCUT2D eigenvalue weighted by Gasteiger charge is 2.33. The fourth-order valence-electron chi connectivity index (χ4n) is 2.52. The summed E-state index contributed by atoms with van der Waals surface area (Å²) in [5.41, 5.74) is 2.14. The van der Waals surface area contributed by atoms with Gasteiger partial charge in [0.25, 0.3) is 0 Å². The lowest BCUT2D eigenvalue weighted by molar-refractivity contribution is -0.121. The van der Waals surface area contributed by atoms with Crippen LogP contribution < -0.4 is 5.32 Å². The fourth-order valence-corrected chi connectivity index (χ4v) is 2.75. The Labute approximate surface area is 132 Å². The van der Waals surface area contributed by atoms with Crippen LogP contribution in [0.2, 0.25) is 5.22 Å². The Hall–Kier alpha value is -1.88. The Kier molecular flexibility index (Phi) is 4.16. The van der Waals surface area contributed by atoms with E-state index in [1.807, 2.05) is 0 Å². The molecule has 0 bridgehead atoms. The summed E-state index contributed by atoms with van der Waals surface area (Å²) in [5, 5.41) is 6.90. The van der Waals surface area contributed by atoms with Crippen molar-refractivity contribution in [1.29, 1.82) is 0 Å². The lowest BCUT2D eigenvalue weighted by Gasteiger charge is -2.18. The molecule has 6 heteroatoms. The van der Waals surface area contributed by atoms with Gasteiger partial charge in [0.1, 0.15) is 5.82 Å². The van der Waals surface area contributed by atoms with Crippen LogP contribution >= 0.6 is 11.6 Å². The number of nitrogens with one attached hydrogen (secondary N) is 1. The van der Waals surface area contributed by atoms with E-state index in [4.69, 9.17) is 16.1 Å². The van der Waals surface area contributed by atoms with E-state index in [2.05, 4.69) is 10.5 Å². The minimum atomic E-state index is -0.281.